The second-order valence-electron chi connectivity index (χ2n) is 11.5. The highest BCUT2D eigenvalue weighted by Gasteiger charge is 2.80. The number of amides is 1. The number of hydrogen-bond acceptors (Lipinski definition) is 3. The minimum atomic E-state index is -1.02. The van der Waals surface area contributed by atoms with Gasteiger partial charge < -0.3 is 15.0 Å². The molecule has 2 spiro atoms. The average Bonchev–Trinajstić information content (AvgIpc) is 3.62. The molecular weight excluding hydrogens is 499 g/mol. The monoisotopic (exact) mass is 524 g/mol. The Labute approximate surface area is 231 Å². The van der Waals surface area contributed by atoms with Crippen molar-refractivity contribution in [1.82, 2.24) is 0 Å². The van der Waals surface area contributed by atoms with Gasteiger partial charge in [-0.2, -0.15) is 0 Å². The predicted octanol–water partition coefficient (Wildman–Crippen LogP) is 7.07. The Kier molecular flexibility index (Phi) is 4.05. The van der Waals surface area contributed by atoms with E-state index < -0.39 is 17.1 Å². The third kappa shape index (κ3) is 2.37. The van der Waals surface area contributed by atoms with Gasteiger partial charge in [0.05, 0.1) is 17.3 Å². The van der Waals surface area contributed by atoms with E-state index in [0.29, 0.717) is 0 Å². The summed E-state index contributed by atoms with van der Waals surface area (Å²) in [7, 11) is 1.86. The number of hydrogen-bond donors (Lipinski definition) is 1. The molecule has 0 aromatic heterocycles. The lowest BCUT2D eigenvalue weighted by Gasteiger charge is -2.37. The Balaban J connectivity index is 1.46. The number of benzene rings is 5. The van der Waals surface area contributed by atoms with Gasteiger partial charge in [0.25, 0.3) is 0 Å². The minimum absolute atomic E-state index is 0.0191. The number of rotatable bonds is 1. The standard InChI is InChI=1S/C35H25FN2O2/c1-38-27-14-8-7-13-25(27)34(33(38)39)30(21-10-3-2-4-11-21)31-29-23-12-6-5-9-20(23)15-18-28(29)40-35(31)32(34)24-19-22(36)16-17-26(24)37-35/h2-19,30-32,37H,1H3/t30-,31-,32-,34-,35-/m1/s1. The molecule has 4 aliphatic rings. The van der Waals surface area contributed by atoms with Crippen molar-refractivity contribution in [3.05, 3.63) is 137 Å². The molecule has 0 bridgehead atoms. The molecule has 5 aromatic carbocycles. The summed E-state index contributed by atoms with van der Waals surface area (Å²) in [5.74, 6) is -0.442. The summed E-state index contributed by atoms with van der Waals surface area (Å²) in [6.07, 6.45) is 0. The van der Waals surface area contributed by atoms with Crippen molar-refractivity contribution in [2.24, 2.45) is 0 Å². The van der Waals surface area contributed by atoms with Crippen LogP contribution in [0.4, 0.5) is 15.8 Å². The first kappa shape index (κ1) is 22.2. The van der Waals surface area contributed by atoms with Gasteiger partial charge in [0.15, 0.2) is 5.72 Å². The molecule has 5 heteroatoms. The van der Waals surface area contributed by atoms with Crippen LogP contribution in [0.25, 0.3) is 10.8 Å². The van der Waals surface area contributed by atoms with Crippen molar-refractivity contribution < 1.29 is 13.9 Å². The van der Waals surface area contributed by atoms with Gasteiger partial charge in [-0.05, 0) is 57.8 Å². The molecule has 194 valence electrons. The Hall–Kier alpha value is -4.64. The number of nitrogens with one attached hydrogen (secondary N) is 1. The molecule has 1 amide bonds. The maximum Gasteiger partial charge on any atom is 0.238 e. The smallest absolute Gasteiger partial charge is 0.238 e. The van der Waals surface area contributed by atoms with Gasteiger partial charge in [-0.25, -0.2) is 4.39 Å². The van der Waals surface area contributed by atoms with Crippen molar-refractivity contribution in [3.8, 4) is 5.75 Å². The number of para-hydroxylation sites is 1. The molecule has 3 heterocycles. The zero-order valence-electron chi connectivity index (χ0n) is 21.8. The maximum absolute atomic E-state index is 15.0. The molecule has 5 aromatic rings. The third-order valence-electron chi connectivity index (χ3n) is 9.87. The molecule has 4 nitrogen and oxygen atoms in total. The number of ether oxygens (including phenoxy) is 1. The second kappa shape index (κ2) is 7.30. The van der Waals surface area contributed by atoms with E-state index in [1.165, 1.54) is 6.07 Å². The molecule has 1 saturated carbocycles. The molecular formula is C35H25FN2O2. The second-order valence-corrected chi connectivity index (χ2v) is 11.5. The summed E-state index contributed by atoms with van der Waals surface area (Å²) in [4.78, 5) is 16.8. The summed E-state index contributed by atoms with van der Waals surface area (Å²) < 4.78 is 22.1. The average molecular weight is 525 g/mol. The number of halogens is 1. The summed E-state index contributed by atoms with van der Waals surface area (Å²) >= 11 is 0. The largest absolute Gasteiger partial charge is 0.466 e. The molecule has 0 saturated heterocycles. The van der Waals surface area contributed by atoms with Gasteiger partial charge in [0.2, 0.25) is 5.91 Å². The number of carbonyl (C=O) groups is 1. The SMILES string of the molecule is CN1C(=O)[C@]2(c3ccccc31)[C@H](c1ccccc1)[C@H]1c3c(ccc4ccccc34)O[C@]13Nc1ccc(F)cc1[C@@H]32. The Bertz CT molecular complexity index is 1910. The van der Waals surface area contributed by atoms with E-state index in [4.69, 9.17) is 4.74 Å². The number of fused-ring (bicyclic) bond motifs is 9. The van der Waals surface area contributed by atoms with Crippen LogP contribution in [0.5, 0.6) is 5.75 Å². The van der Waals surface area contributed by atoms with Gasteiger partial charge in [0, 0.05) is 29.9 Å². The number of carbonyl (C=O) groups excluding carboxylic acids is 1. The van der Waals surface area contributed by atoms with E-state index in [-0.39, 0.29) is 23.6 Å². The quantitative estimate of drug-likeness (QED) is 0.255. The highest BCUT2D eigenvalue weighted by Crippen LogP contribution is 2.77. The highest BCUT2D eigenvalue weighted by molar-refractivity contribution is 6.11. The number of likely N-dealkylation sites (N-methyl/N-ethyl adjacent to an activating group) is 1. The van der Waals surface area contributed by atoms with Crippen LogP contribution in [0.2, 0.25) is 0 Å². The lowest BCUT2D eigenvalue weighted by Crippen LogP contribution is -2.50. The first-order valence-electron chi connectivity index (χ1n) is 13.8. The molecule has 40 heavy (non-hydrogen) atoms. The van der Waals surface area contributed by atoms with Crippen molar-refractivity contribution in [2.45, 2.75) is 28.9 Å². The maximum atomic E-state index is 15.0. The van der Waals surface area contributed by atoms with Crippen LogP contribution < -0.4 is 15.0 Å². The van der Waals surface area contributed by atoms with Gasteiger partial charge >= 0.3 is 0 Å². The minimum Gasteiger partial charge on any atom is -0.466 e. The van der Waals surface area contributed by atoms with E-state index in [1.807, 2.05) is 49.5 Å². The fraction of sp³-hybridized carbons (Fsp3) is 0.171. The lowest BCUT2D eigenvalue weighted by atomic mass is 9.62. The van der Waals surface area contributed by atoms with Crippen molar-refractivity contribution >= 4 is 28.1 Å². The highest BCUT2D eigenvalue weighted by atomic mass is 19.1. The van der Waals surface area contributed by atoms with E-state index in [1.54, 1.807) is 17.0 Å². The Morgan fingerprint density at radius 3 is 2.50 bits per heavy atom. The van der Waals surface area contributed by atoms with Crippen LogP contribution in [0, 0.1) is 5.82 Å². The summed E-state index contributed by atoms with van der Waals surface area (Å²) in [6, 6.07) is 35.8. The molecule has 1 aliphatic carbocycles. The molecule has 0 radical (unpaired) electrons. The van der Waals surface area contributed by atoms with Gasteiger partial charge in [0.1, 0.15) is 11.6 Å². The topological polar surface area (TPSA) is 41.6 Å². The molecule has 1 N–H and O–H groups in total. The normalized spacial score (nSPS) is 28.6. The van der Waals surface area contributed by atoms with Crippen molar-refractivity contribution in [3.63, 3.8) is 0 Å². The molecule has 0 unspecified atom stereocenters. The number of nitrogens with zero attached hydrogens (tertiary/aromatic N) is 1. The zero-order valence-corrected chi connectivity index (χ0v) is 21.8. The molecule has 5 atom stereocenters. The first-order valence-corrected chi connectivity index (χ1v) is 13.8. The summed E-state index contributed by atoms with van der Waals surface area (Å²) in [6.45, 7) is 0. The molecule has 3 aliphatic heterocycles. The lowest BCUT2D eigenvalue weighted by molar-refractivity contribution is -0.124. The van der Waals surface area contributed by atoms with E-state index >= 15 is 4.39 Å². The Morgan fingerprint density at radius 1 is 0.850 bits per heavy atom. The van der Waals surface area contributed by atoms with Gasteiger partial charge in [-0.3, -0.25) is 4.79 Å². The molecule has 9 rings (SSSR count). The van der Waals surface area contributed by atoms with Crippen molar-refractivity contribution in [2.75, 3.05) is 17.3 Å². The number of anilines is 2. The van der Waals surface area contributed by atoms with E-state index in [9.17, 15) is 4.79 Å². The van der Waals surface area contributed by atoms with Crippen LogP contribution in [-0.4, -0.2) is 18.7 Å². The van der Waals surface area contributed by atoms with E-state index in [0.717, 1.165) is 50.2 Å². The van der Waals surface area contributed by atoms with Crippen LogP contribution in [0.3, 0.4) is 0 Å². The summed E-state index contributed by atoms with van der Waals surface area (Å²) in [5, 5.41) is 6.02. The molecule has 1 fully saturated rings. The summed E-state index contributed by atoms with van der Waals surface area (Å²) in [5.41, 5.74) is 3.66. The van der Waals surface area contributed by atoms with Gasteiger partial charge in [-0.1, -0.05) is 78.9 Å². The first-order chi connectivity index (χ1) is 19.6. The van der Waals surface area contributed by atoms with Gasteiger partial charge in [-0.15, -0.1) is 0 Å². The third-order valence-corrected chi connectivity index (χ3v) is 9.87. The van der Waals surface area contributed by atoms with E-state index in [2.05, 4.69) is 53.8 Å². The fourth-order valence-corrected chi connectivity index (χ4v) is 8.64. The Morgan fingerprint density at radius 2 is 1.62 bits per heavy atom. The fourth-order valence-electron chi connectivity index (χ4n) is 8.64. The van der Waals surface area contributed by atoms with Crippen LogP contribution >= 0.6 is 0 Å². The predicted molar refractivity (Wildman–Crippen MR) is 154 cm³/mol. The van der Waals surface area contributed by atoms with Crippen LogP contribution in [-0.2, 0) is 10.2 Å². The van der Waals surface area contributed by atoms with Crippen LogP contribution in [0.1, 0.15) is 40.0 Å². The zero-order chi connectivity index (χ0) is 26.8. The van der Waals surface area contributed by atoms with Crippen LogP contribution in [0.15, 0.2) is 109 Å². The van der Waals surface area contributed by atoms with Crippen molar-refractivity contribution in [1.29, 1.82) is 0 Å².